The molecule has 146 valence electrons. The lowest BCUT2D eigenvalue weighted by Crippen LogP contribution is -2.43. The third-order valence-corrected chi connectivity index (χ3v) is 5.66. The number of rotatable bonds is 8. The standard InChI is InChI=1S/C22H30N2O3/c1-27-22(26)20(14-17-15-23-19-12-6-5-11-18(17)19)24-21(25)13-7-10-16-8-3-2-4-9-16/h5-6,11-12,15-16,20,23H,2-4,7-10,13-14H2,1H3,(H,24,25). The molecule has 1 saturated carbocycles. The number of methoxy groups -OCH3 is 1. The second-order valence-electron chi connectivity index (χ2n) is 7.60. The molecule has 2 aromatic rings. The smallest absolute Gasteiger partial charge is 0.328 e. The molecular weight excluding hydrogens is 340 g/mol. The van der Waals surface area contributed by atoms with Crippen molar-refractivity contribution in [3.05, 3.63) is 36.0 Å². The first-order chi connectivity index (χ1) is 13.2. The van der Waals surface area contributed by atoms with Crippen LogP contribution < -0.4 is 5.32 Å². The van der Waals surface area contributed by atoms with Crippen molar-refractivity contribution >= 4 is 22.8 Å². The first-order valence-electron chi connectivity index (χ1n) is 10.1. The van der Waals surface area contributed by atoms with Crippen molar-refractivity contribution in [1.29, 1.82) is 0 Å². The minimum absolute atomic E-state index is 0.0685. The molecule has 0 bridgehead atoms. The van der Waals surface area contributed by atoms with E-state index in [-0.39, 0.29) is 5.91 Å². The van der Waals surface area contributed by atoms with Crippen LogP contribution >= 0.6 is 0 Å². The number of hydrogen-bond acceptors (Lipinski definition) is 3. The molecule has 5 nitrogen and oxygen atoms in total. The third-order valence-electron chi connectivity index (χ3n) is 5.66. The van der Waals surface area contributed by atoms with Crippen LogP contribution in [0.5, 0.6) is 0 Å². The van der Waals surface area contributed by atoms with E-state index in [4.69, 9.17) is 4.74 Å². The quantitative estimate of drug-likeness (QED) is 0.687. The van der Waals surface area contributed by atoms with E-state index in [0.29, 0.717) is 12.8 Å². The summed E-state index contributed by atoms with van der Waals surface area (Å²) in [5.74, 6) is 0.302. The van der Waals surface area contributed by atoms with Crippen molar-refractivity contribution in [3.63, 3.8) is 0 Å². The highest BCUT2D eigenvalue weighted by Crippen LogP contribution is 2.27. The Bertz CT molecular complexity index is 762. The minimum atomic E-state index is -0.656. The van der Waals surface area contributed by atoms with Gasteiger partial charge in [-0.15, -0.1) is 0 Å². The molecule has 2 N–H and O–H groups in total. The summed E-state index contributed by atoms with van der Waals surface area (Å²) >= 11 is 0. The summed E-state index contributed by atoms with van der Waals surface area (Å²) < 4.78 is 4.91. The number of nitrogens with one attached hydrogen (secondary N) is 2. The van der Waals surface area contributed by atoms with Gasteiger partial charge in [-0.3, -0.25) is 4.79 Å². The van der Waals surface area contributed by atoms with E-state index in [1.807, 2.05) is 30.5 Å². The molecule has 0 aliphatic heterocycles. The van der Waals surface area contributed by atoms with Gasteiger partial charge in [-0.2, -0.15) is 0 Å². The molecular formula is C22H30N2O3. The summed E-state index contributed by atoms with van der Waals surface area (Å²) in [7, 11) is 1.36. The van der Waals surface area contributed by atoms with Crippen LogP contribution in [-0.2, 0) is 20.7 Å². The van der Waals surface area contributed by atoms with Crippen molar-refractivity contribution in [2.75, 3.05) is 7.11 Å². The highest BCUT2D eigenvalue weighted by atomic mass is 16.5. The van der Waals surface area contributed by atoms with E-state index in [2.05, 4.69) is 10.3 Å². The number of H-pyrrole nitrogens is 1. The normalized spacial score (nSPS) is 16.2. The molecule has 5 heteroatoms. The molecule has 1 aliphatic carbocycles. The van der Waals surface area contributed by atoms with Gasteiger partial charge in [0.1, 0.15) is 6.04 Å². The molecule has 3 rings (SSSR count). The molecule has 1 atom stereocenters. The van der Waals surface area contributed by atoms with Crippen LogP contribution in [0.2, 0.25) is 0 Å². The molecule has 1 aromatic carbocycles. The molecule has 1 heterocycles. The molecule has 1 amide bonds. The Labute approximate surface area is 160 Å². The van der Waals surface area contributed by atoms with Gasteiger partial charge >= 0.3 is 5.97 Å². The highest BCUT2D eigenvalue weighted by Gasteiger charge is 2.23. The summed E-state index contributed by atoms with van der Waals surface area (Å²) in [6, 6.07) is 7.29. The number of aromatic nitrogens is 1. The number of benzene rings is 1. The zero-order valence-corrected chi connectivity index (χ0v) is 16.1. The maximum Gasteiger partial charge on any atom is 0.328 e. The summed E-state index contributed by atoms with van der Waals surface area (Å²) in [4.78, 5) is 27.8. The van der Waals surface area contributed by atoms with E-state index in [9.17, 15) is 9.59 Å². The van der Waals surface area contributed by atoms with Crippen molar-refractivity contribution in [3.8, 4) is 0 Å². The molecule has 1 fully saturated rings. The van der Waals surface area contributed by atoms with E-state index >= 15 is 0 Å². The number of para-hydroxylation sites is 1. The van der Waals surface area contributed by atoms with Gasteiger partial charge in [-0.25, -0.2) is 4.79 Å². The SMILES string of the molecule is COC(=O)C(Cc1c[nH]c2ccccc12)NC(=O)CCCC1CCCCC1. The van der Waals surface area contributed by atoms with Gasteiger partial charge in [-0.05, 0) is 30.4 Å². The maximum atomic E-state index is 12.4. The summed E-state index contributed by atoms with van der Waals surface area (Å²) in [6.07, 6.45) is 11.4. The van der Waals surface area contributed by atoms with Crippen LogP contribution in [0.1, 0.15) is 56.9 Å². The van der Waals surface area contributed by atoms with Gasteiger partial charge < -0.3 is 15.0 Å². The first-order valence-corrected chi connectivity index (χ1v) is 10.1. The number of esters is 1. The molecule has 1 unspecified atom stereocenters. The van der Waals surface area contributed by atoms with E-state index < -0.39 is 12.0 Å². The zero-order valence-electron chi connectivity index (χ0n) is 16.1. The van der Waals surface area contributed by atoms with Crippen LogP contribution in [0.15, 0.2) is 30.5 Å². The number of fused-ring (bicyclic) bond motifs is 1. The third kappa shape index (κ3) is 5.34. The van der Waals surface area contributed by atoms with Crippen molar-refractivity contribution < 1.29 is 14.3 Å². The minimum Gasteiger partial charge on any atom is -0.467 e. The molecule has 1 aliphatic rings. The number of amides is 1. The summed E-state index contributed by atoms with van der Waals surface area (Å²) in [5.41, 5.74) is 2.03. The van der Waals surface area contributed by atoms with Crippen LogP contribution in [0, 0.1) is 5.92 Å². The van der Waals surface area contributed by atoms with Crippen molar-refractivity contribution in [2.24, 2.45) is 5.92 Å². The van der Waals surface area contributed by atoms with Crippen molar-refractivity contribution in [2.45, 2.75) is 63.8 Å². The van der Waals surface area contributed by atoms with Gasteiger partial charge in [0.15, 0.2) is 0 Å². The number of carbonyl (C=O) groups excluding carboxylic acids is 2. The molecule has 0 saturated heterocycles. The average molecular weight is 370 g/mol. The number of carbonyl (C=O) groups is 2. The first kappa shape index (κ1) is 19.5. The largest absolute Gasteiger partial charge is 0.467 e. The molecule has 1 aromatic heterocycles. The molecule has 27 heavy (non-hydrogen) atoms. The topological polar surface area (TPSA) is 71.2 Å². The van der Waals surface area contributed by atoms with Gasteiger partial charge in [-0.1, -0.05) is 50.3 Å². The Balaban J connectivity index is 1.54. The zero-order chi connectivity index (χ0) is 19.1. The maximum absolute atomic E-state index is 12.4. The lowest BCUT2D eigenvalue weighted by Gasteiger charge is -2.21. The molecule has 0 spiro atoms. The monoisotopic (exact) mass is 370 g/mol. The van der Waals surface area contributed by atoms with Gasteiger partial charge in [0.2, 0.25) is 5.91 Å². The fourth-order valence-corrected chi connectivity index (χ4v) is 4.15. The lowest BCUT2D eigenvalue weighted by atomic mass is 9.86. The van der Waals surface area contributed by atoms with Crippen LogP contribution in [0.3, 0.4) is 0 Å². The lowest BCUT2D eigenvalue weighted by molar-refractivity contribution is -0.145. The van der Waals surface area contributed by atoms with Crippen LogP contribution in [-0.4, -0.2) is 30.0 Å². The van der Waals surface area contributed by atoms with E-state index in [1.165, 1.54) is 39.2 Å². The summed E-state index contributed by atoms with van der Waals surface area (Å²) in [6.45, 7) is 0. The van der Waals surface area contributed by atoms with Crippen molar-refractivity contribution in [1.82, 2.24) is 10.3 Å². The Morgan fingerprint density at radius 1 is 1.22 bits per heavy atom. The van der Waals surface area contributed by atoms with E-state index in [0.717, 1.165) is 35.2 Å². The Hall–Kier alpha value is -2.30. The second kappa shape index (κ2) is 9.58. The Morgan fingerprint density at radius 2 is 2.00 bits per heavy atom. The fourth-order valence-electron chi connectivity index (χ4n) is 4.15. The van der Waals surface area contributed by atoms with Gasteiger partial charge in [0, 0.05) is 29.9 Å². The number of ether oxygens (including phenoxy) is 1. The average Bonchev–Trinajstić information content (AvgIpc) is 3.10. The number of aromatic amines is 1. The van der Waals surface area contributed by atoms with E-state index in [1.54, 1.807) is 0 Å². The van der Waals surface area contributed by atoms with Gasteiger partial charge in [0.05, 0.1) is 7.11 Å². The predicted molar refractivity (Wildman–Crippen MR) is 106 cm³/mol. The molecule has 0 radical (unpaired) electrons. The highest BCUT2D eigenvalue weighted by molar-refractivity contribution is 5.87. The predicted octanol–water partition coefficient (Wildman–Crippen LogP) is 4.12. The Morgan fingerprint density at radius 3 is 2.78 bits per heavy atom. The second-order valence-corrected chi connectivity index (χ2v) is 7.60. The van der Waals surface area contributed by atoms with Crippen LogP contribution in [0.4, 0.5) is 0 Å². The Kier molecular flexibility index (Phi) is 6.91. The number of hydrogen-bond donors (Lipinski definition) is 2. The summed E-state index contributed by atoms with van der Waals surface area (Å²) in [5, 5.41) is 3.95. The van der Waals surface area contributed by atoms with Crippen LogP contribution in [0.25, 0.3) is 10.9 Å². The fraction of sp³-hybridized carbons (Fsp3) is 0.545. The van der Waals surface area contributed by atoms with Gasteiger partial charge in [0.25, 0.3) is 0 Å².